The van der Waals surface area contributed by atoms with Gasteiger partial charge in [0.1, 0.15) is 0 Å². The van der Waals surface area contributed by atoms with E-state index in [4.69, 9.17) is 0 Å². The Morgan fingerprint density at radius 2 is 1.88 bits per heavy atom. The van der Waals surface area contributed by atoms with Crippen molar-refractivity contribution in [3.05, 3.63) is 11.0 Å². The summed E-state index contributed by atoms with van der Waals surface area (Å²) in [5.74, 6) is 0.358. The minimum absolute atomic E-state index is 0.358. The first-order chi connectivity index (χ1) is 8.26. The van der Waals surface area contributed by atoms with Crippen LogP contribution >= 0.6 is 11.8 Å². The van der Waals surface area contributed by atoms with Crippen LogP contribution in [0.5, 0.6) is 0 Å². The lowest BCUT2D eigenvalue weighted by molar-refractivity contribution is -0.114. The van der Waals surface area contributed by atoms with E-state index >= 15 is 0 Å². The highest BCUT2D eigenvalue weighted by Crippen LogP contribution is 2.35. The highest BCUT2D eigenvalue weighted by Gasteiger charge is 2.20. The van der Waals surface area contributed by atoms with Crippen LogP contribution in [0.15, 0.2) is 11.0 Å². The van der Waals surface area contributed by atoms with Gasteiger partial charge in [-0.3, -0.25) is 4.79 Å². The Bertz CT molecular complexity index is 258. The molecule has 17 heavy (non-hydrogen) atoms. The maximum atomic E-state index is 11.7. The smallest absolute Gasteiger partial charge is 0.157 e. The van der Waals surface area contributed by atoms with E-state index in [9.17, 15) is 4.79 Å². The van der Waals surface area contributed by atoms with E-state index in [0.717, 1.165) is 12.8 Å². The fourth-order valence-electron chi connectivity index (χ4n) is 2.22. The van der Waals surface area contributed by atoms with Gasteiger partial charge in [-0.05, 0) is 30.2 Å². The zero-order valence-corrected chi connectivity index (χ0v) is 12.2. The zero-order valence-electron chi connectivity index (χ0n) is 11.3. The Labute approximate surface area is 110 Å². The molecule has 0 aliphatic carbocycles. The molecule has 0 fully saturated rings. The predicted molar refractivity (Wildman–Crippen MR) is 77.4 cm³/mol. The number of unbranched alkanes of at least 4 members (excludes halogenated alkanes) is 4. The van der Waals surface area contributed by atoms with Crippen molar-refractivity contribution in [2.24, 2.45) is 0 Å². The van der Waals surface area contributed by atoms with Gasteiger partial charge in [0.2, 0.25) is 0 Å². The topological polar surface area (TPSA) is 17.1 Å². The molecule has 1 aliphatic rings. The van der Waals surface area contributed by atoms with E-state index in [0.29, 0.717) is 11.0 Å². The van der Waals surface area contributed by atoms with Crippen LogP contribution in [-0.2, 0) is 4.79 Å². The van der Waals surface area contributed by atoms with Crippen molar-refractivity contribution in [1.82, 2.24) is 0 Å². The van der Waals surface area contributed by atoms with Gasteiger partial charge in [0.15, 0.2) is 5.78 Å². The molecule has 2 heteroatoms. The molecule has 0 aromatic rings. The van der Waals surface area contributed by atoms with Gasteiger partial charge in [-0.1, -0.05) is 46.0 Å². The van der Waals surface area contributed by atoms with Crippen LogP contribution in [0.3, 0.4) is 0 Å². The Balaban J connectivity index is 2.31. The van der Waals surface area contributed by atoms with Crippen molar-refractivity contribution in [2.45, 2.75) is 76.9 Å². The second-order valence-corrected chi connectivity index (χ2v) is 6.40. The third-order valence-corrected chi connectivity index (χ3v) is 4.59. The maximum Gasteiger partial charge on any atom is 0.157 e. The molecule has 1 aliphatic heterocycles. The van der Waals surface area contributed by atoms with E-state index in [1.54, 1.807) is 0 Å². The summed E-state index contributed by atoms with van der Waals surface area (Å²) in [7, 11) is 0. The molecule has 1 heterocycles. The second-order valence-electron chi connectivity index (χ2n) is 4.97. The molecule has 0 aromatic heterocycles. The van der Waals surface area contributed by atoms with Gasteiger partial charge in [0.05, 0.1) is 0 Å². The summed E-state index contributed by atoms with van der Waals surface area (Å²) in [6, 6.07) is 0. The fourth-order valence-corrected chi connectivity index (χ4v) is 3.64. The van der Waals surface area contributed by atoms with Gasteiger partial charge in [0, 0.05) is 11.7 Å². The first kappa shape index (κ1) is 14.8. The fraction of sp³-hybridized carbons (Fsp3) is 0.800. The Kier molecular flexibility index (Phi) is 7.67. The first-order valence-corrected chi connectivity index (χ1v) is 8.04. The monoisotopic (exact) mass is 254 g/mol. The highest BCUT2D eigenvalue weighted by atomic mass is 32.2. The summed E-state index contributed by atoms with van der Waals surface area (Å²) < 4.78 is 0. The molecule has 1 atom stereocenters. The molecule has 0 aromatic carbocycles. The van der Waals surface area contributed by atoms with Crippen molar-refractivity contribution in [1.29, 1.82) is 0 Å². The van der Waals surface area contributed by atoms with Gasteiger partial charge in [-0.25, -0.2) is 0 Å². The molecular formula is C15H26OS. The summed E-state index contributed by atoms with van der Waals surface area (Å²) in [6.07, 6.45) is 12.6. The third-order valence-electron chi connectivity index (χ3n) is 3.23. The lowest BCUT2D eigenvalue weighted by Gasteiger charge is -2.21. The largest absolute Gasteiger partial charge is 0.295 e. The molecular weight excluding hydrogens is 228 g/mol. The quantitative estimate of drug-likeness (QED) is 0.560. The normalized spacial score (nSPS) is 20.5. The number of rotatable bonds is 8. The summed E-state index contributed by atoms with van der Waals surface area (Å²) in [5.41, 5.74) is 0. The molecule has 0 bridgehead atoms. The zero-order chi connectivity index (χ0) is 12.5. The highest BCUT2D eigenvalue weighted by molar-refractivity contribution is 8.03. The first-order valence-electron chi connectivity index (χ1n) is 7.16. The average molecular weight is 254 g/mol. The maximum absolute atomic E-state index is 11.7. The summed E-state index contributed by atoms with van der Waals surface area (Å²) in [6.45, 7) is 4.45. The molecule has 0 saturated carbocycles. The Hall–Kier alpha value is -0.240. The number of hydrogen-bond donors (Lipinski definition) is 0. The van der Waals surface area contributed by atoms with Crippen LogP contribution < -0.4 is 0 Å². The standard InChI is InChI=1S/C15H26OS/c1-3-5-7-9-14-11-13(16)12-15(17-14)10-8-6-4-2/h11,15H,3-10,12H2,1-2H3. The van der Waals surface area contributed by atoms with Gasteiger partial charge in [-0.2, -0.15) is 0 Å². The summed E-state index contributed by atoms with van der Waals surface area (Å²) >= 11 is 1.98. The van der Waals surface area contributed by atoms with Gasteiger partial charge < -0.3 is 0 Å². The number of ketones is 1. The van der Waals surface area contributed by atoms with Crippen LogP contribution in [0.4, 0.5) is 0 Å². The molecule has 1 nitrogen and oxygen atoms in total. The van der Waals surface area contributed by atoms with E-state index in [1.165, 1.54) is 49.9 Å². The number of carbonyl (C=O) groups is 1. The van der Waals surface area contributed by atoms with Crippen molar-refractivity contribution >= 4 is 17.5 Å². The number of carbonyl (C=O) groups excluding carboxylic acids is 1. The SMILES string of the molecule is CCCCCC1=CC(=O)CC(CCCCC)S1. The predicted octanol–water partition coefficient (Wildman–Crippen LogP) is 5.11. The van der Waals surface area contributed by atoms with Crippen LogP contribution in [0.2, 0.25) is 0 Å². The Morgan fingerprint density at radius 3 is 2.59 bits per heavy atom. The van der Waals surface area contributed by atoms with Crippen molar-refractivity contribution in [2.75, 3.05) is 0 Å². The van der Waals surface area contributed by atoms with E-state index in [2.05, 4.69) is 13.8 Å². The van der Waals surface area contributed by atoms with E-state index in [1.807, 2.05) is 17.8 Å². The van der Waals surface area contributed by atoms with E-state index < -0.39 is 0 Å². The summed E-state index contributed by atoms with van der Waals surface area (Å²) in [4.78, 5) is 13.0. The lowest BCUT2D eigenvalue weighted by Crippen LogP contribution is -2.14. The number of allylic oxidation sites excluding steroid dienone is 2. The van der Waals surface area contributed by atoms with Crippen LogP contribution in [0.1, 0.15) is 71.6 Å². The lowest BCUT2D eigenvalue weighted by atomic mass is 10.1. The number of hydrogen-bond acceptors (Lipinski definition) is 2. The molecule has 0 N–H and O–H groups in total. The van der Waals surface area contributed by atoms with Gasteiger partial charge in [0.25, 0.3) is 0 Å². The van der Waals surface area contributed by atoms with Crippen LogP contribution in [0, 0.1) is 0 Å². The minimum Gasteiger partial charge on any atom is -0.295 e. The van der Waals surface area contributed by atoms with Gasteiger partial charge in [-0.15, -0.1) is 11.8 Å². The van der Waals surface area contributed by atoms with Gasteiger partial charge >= 0.3 is 0 Å². The minimum atomic E-state index is 0.358. The molecule has 0 radical (unpaired) electrons. The van der Waals surface area contributed by atoms with E-state index in [-0.39, 0.29) is 0 Å². The van der Waals surface area contributed by atoms with Crippen LogP contribution in [0.25, 0.3) is 0 Å². The molecule has 0 spiro atoms. The average Bonchev–Trinajstić information content (AvgIpc) is 2.29. The Morgan fingerprint density at radius 1 is 1.18 bits per heavy atom. The van der Waals surface area contributed by atoms with Crippen molar-refractivity contribution < 1.29 is 4.79 Å². The van der Waals surface area contributed by atoms with Crippen LogP contribution in [-0.4, -0.2) is 11.0 Å². The second kappa shape index (κ2) is 8.79. The third kappa shape index (κ3) is 6.30. The van der Waals surface area contributed by atoms with Crippen molar-refractivity contribution in [3.63, 3.8) is 0 Å². The van der Waals surface area contributed by atoms with Crippen molar-refractivity contribution in [3.8, 4) is 0 Å². The molecule has 0 saturated heterocycles. The molecule has 0 amide bonds. The molecule has 1 rings (SSSR count). The molecule has 98 valence electrons. The summed E-state index contributed by atoms with van der Waals surface area (Å²) in [5, 5.41) is 0.565. The number of thioether (sulfide) groups is 1. The molecule has 1 unspecified atom stereocenters.